The van der Waals surface area contributed by atoms with Crippen molar-refractivity contribution in [2.24, 2.45) is 17.8 Å². The molecule has 0 aromatic heterocycles. The molecule has 4 nitrogen and oxygen atoms in total. The number of carbonyl (C=O) groups excluding carboxylic acids is 1. The number of para-hydroxylation sites is 1. The molecule has 1 aromatic rings. The Balaban J connectivity index is 1.67. The van der Waals surface area contributed by atoms with E-state index in [0.717, 1.165) is 24.1 Å². The summed E-state index contributed by atoms with van der Waals surface area (Å²) in [5, 5.41) is 9.42. The largest absolute Gasteiger partial charge is 0.480 e. The van der Waals surface area contributed by atoms with Crippen molar-refractivity contribution in [3.63, 3.8) is 0 Å². The van der Waals surface area contributed by atoms with Gasteiger partial charge >= 0.3 is 5.97 Å². The Kier molecular flexibility index (Phi) is 2.43. The van der Waals surface area contributed by atoms with Gasteiger partial charge < -0.3 is 5.11 Å². The number of benzene rings is 1. The Hall–Kier alpha value is -1.84. The number of rotatable bonds is 2. The third-order valence-corrected chi connectivity index (χ3v) is 5.19. The fourth-order valence-electron chi connectivity index (χ4n) is 4.20. The first kappa shape index (κ1) is 11.9. The Bertz CT molecular complexity index is 587. The van der Waals surface area contributed by atoms with Crippen LogP contribution in [0.2, 0.25) is 0 Å². The van der Waals surface area contributed by atoms with Gasteiger partial charge in [0.2, 0.25) is 5.91 Å². The number of fused-ring (bicyclic) bond motifs is 2. The molecule has 4 heteroatoms. The zero-order chi connectivity index (χ0) is 13.9. The summed E-state index contributed by atoms with van der Waals surface area (Å²) >= 11 is 0. The van der Waals surface area contributed by atoms with Crippen LogP contribution in [0.5, 0.6) is 0 Å². The number of amides is 1. The van der Waals surface area contributed by atoms with Crippen LogP contribution in [0.15, 0.2) is 24.3 Å². The molecule has 1 aliphatic heterocycles. The van der Waals surface area contributed by atoms with E-state index in [1.54, 1.807) is 4.90 Å². The molecule has 3 atom stereocenters. The van der Waals surface area contributed by atoms with E-state index in [2.05, 4.69) is 0 Å². The number of carboxylic acids is 1. The Labute approximate surface area is 117 Å². The van der Waals surface area contributed by atoms with Gasteiger partial charge in [-0.05, 0) is 36.3 Å². The van der Waals surface area contributed by atoms with Crippen LogP contribution < -0.4 is 4.90 Å². The first-order valence-electron chi connectivity index (χ1n) is 7.32. The van der Waals surface area contributed by atoms with Gasteiger partial charge in [-0.2, -0.15) is 0 Å². The summed E-state index contributed by atoms with van der Waals surface area (Å²) in [5.41, 5.74) is 1.77. The third kappa shape index (κ3) is 1.54. The number of hydrogen-bond donors (Lipinski definition) is 1. The lowest BCUT2D eigenvalue weighted by molar-refractivity contribution is -0.140. The van der Waals surface area contributed by atoms with Gasteiger partial charge in [-0.1, -0.05) is 24.6 Å². The second kappa shape index (κ2) is 4.08. The summed E-state index contributed by atoms with van der Waals surface area (Å²) < 4.78 is 0. The van der Waals surface area contributed by atoms with Crippen LogP contribution in [0.3, 0.4) is 0 Å². The summed E-state index contributed by atoms with van der Waals surface area (Å²) in [5.74, 6) is 0.253. The van der Waals surface area contributed by atoms with Crippen molar-refractivity contribution < 1.29 is 14.7 Å². The second-order valence-corrected chi connectivity index (χ2v) is 6.18. The molecule has 1 heterocycles. The van der Waals surface area contributed by atoms with Crippen LogP contribution in [0.4, 0.5) is 5.69 Å². The average molecular weight is 271 g/mol. The standard InChI is InChI=1S/C16H17NO3/c18-15(14-10-5-3-6-11(10)14)17-12-7-2-1-4-9(12)8-13(17)16(19)20/h1-2,4,7,10-11,13-14H,3,5-6,8H2,(H,19,20). The van der Waals surface area contributed by atoms with Gasteiger partial charge in [0.25, 0.3) is 0 Å². The van der Waals surface area contributed by atoms with Crippen LogP contribution in [0, 0.1) is 17.8 Å². The normalized spacial score (nSPS) is 33.7. The zero-order valence-electron chi connectivity index (χ0n) is 11.2. The van der Waals surface area contributed by atoms with Crippen molar-refractivity contribution in [3.8, 4) is 0 Å². The average Bonchev–Trinajstić information content (AvgIpc) is 2.82. The van der Waals surface area contributed by atoms with Gasteiger partial charge in [0.15, 0.2) is 0 Å². The molecule has 0 spiro atoms. The van der Waals surface area contributed by atoms with Crippen molar-refractivity contribution in [2.45, 2.75) is 31.7 Å². The van der Waals surface area contributed by atoms with Gasteiger partial charge in [0.05, 0.1) is 0 Å². The van der Waals surface area contributed by atoms with Gasteiger partial charge in [0.1, 0.15) is 6.04 Å². The third-order valence-electron chi connectivity index (χ3n) is 5.19. The van der Waals surface area contributed by atoms with Crippen LogP contribution in [-0.4, -0.2) is 23.0 Å². The predicted molar refractivity (Wildman–Crippen MR) is 73.4 cm³/mol. The van der Waals surface area contributed by atoms with Crippen LogP contribution >= 0.6 is 0 Å². The van der Waals surface area contributed by atoms with E-state index in [0.29, 0.717) is 18.3 Å². The zero-order valence-corrected chi connectivity index (χ0v) is 11.2. The fourth-order valence-corrected chi connectivity index (χ4v) is 4.20. The van der Waals surface area contributed by atoms with Gasteiger partial charge in [-0.25, -0.2) is 4.79 Å². The van der Waals surface area contributed by atoms with Crippen LogP contribution in [0.1, 0.15) is 24.8 Å². The number of nitrogens with zero attached hydrogens (tertiary/aromatic N) is 1. The lowest BCUT2D eigenvalue weighted by Gasteiger charge is -2.23. The quantitative estimate of drug-likeness (QED) is 0.896. The Morgan fingerprint density at radius 2 is 1.85 bits per heavy atom. The van der Waals surface area contributed by atoms with E-state index < -0.39 is 12.0 Å². The molecule has 1 amide bonds. The molecule has 104 valence electrons. The highest BCUT2D eigenvalue weighted by Gasteiger charge is 2.59. The van der Waals surface area contributed by atoms with Crippen LogP contribution in [0.25, 0.3) is 0 Å². The highest BCUT2D eigenvalue weighted by Crippen LogP contribution is 2.58. The number of aliphatic carboxylic acids is 1. The maximum absolute atomic E-state index is 12.8. The Morgan fingerprint density at radius 1 is 1.15 bits per heavy atom. The highest BCUT2D eigenvalue weighted by molar-refractivity contribution is 6.04. The lowest BCUT2D eigenvalue weighted by Crippen LogP contribution is -2.44. The van der Waals surface area contributed by atoms with Gasteiger partial charge in [-0.15, -0.1) is 0 Å². The van der Waals surface area contributed by atoms with Crippen molar-refractivity contribution in [2.75, 3.05) is 4.90 Å². The first-order valence-corrected chi connectivity index (χ1v) is 7.32. The van der Waals surface area contributed by atoms with Gasteiger partial charge in [0, 0.05) is 18.0 Å². The SMILES string of the molecule is O=C(O)C1Cc2ccccc2N1C(=O)C1C2CCCC21. The molecule has 0 saturated heterocycles. The molecular weight excluding hydrogens is 254 g/mol. The summed E-state index contributed by atoms with van der Waals surface area (Å²) in [6.07, 6.45) is 3.92. The number of hydrogen-bond acceptors (Lipinski definition) is 2. The topological polar surface area (TPSA) is 57.6 Å². The van der Waals surface area contributed by atoms with Crippen molar-refractivity contribution >= 4 is 17.6 Å². The van der Waals surface area contributed by atoms with Crippen molar-refractivity contribution in [1.29, 1.82) is 0 Å². The van der Waals surface area contributed by atoms with Crippen molar-refractivity contribution in [3.05, 3.63) is 29.8 Å². The van der Waals surface area contributed by atoms with E-state index >= 15 is 0 Å². The van der Waals surface area contributed by atoms with Gasteiger partial charge in [-0.3, -0.25) is 9.69 Å². The summed E-state index contributed by atoms with van der Waals surface area (Å²) in [4.78, 5) is 25.8. The van der Waals surface area contributed by atoms with Crippen molar-refractivity contribution in [1.82, 2.24) is 0 Å². The molecule has 3 aliphatic rings. The van der Waals surface area contributed by atoms with Crippen LogP contribution in [-0.2, 0) is 16.0 Å². The molecule has 1 N–H and O–H groups in total. The number of carboxylic acid groups (broad SMARTS) is 1. The van der Waals surface area contributed by atoms with E-state index in [9.17, 15) is 14.7 Å². The minimum atomic E-state index is -0.902. The minimum Gasteiger partial charge on any atom is -0.480 e. The molecule has 0 bridgehead atoms. The Morgan fingerprint density at radius 3 is 2.55 bits per heavy atom. The molecule has 1 aromatic carbocycles. The maximum atomic E-state index is 12.8. The highest BCUT2D eigenvalue weighted by atomic mass is 16.4. The second-order valence-electron chi connectivity index (χ2n) is 6.18. The summed E-state index contributed by atoms with van der Waals surface area (Å²) in [6, 6.07) is 6.84. The van der Waals surface area contributed by atoms with E-state index in [-0.39, 0.29) is 11.8 Å². The van der Waals surface area contributed by atoms with E-state index in [1.165, 1.54) is 6.42 Å². The minimum absolute atomic E-state index is 0.0389. The smallest absolute Gasteiger partial charge is 0.327 e. The molecule has 4 rings (SSSR count). The molecular formula is C16H17NO3. The molecule has 0 radical (unpaired) electrons. The molecule has 3 unspecified atom stereocenters. The molecule has 2 saturated carbocycles. The summed E-state index contributed by atoms with van der Waals surface area (Å²) in [6.45, 7) is 0. The van der Waals surface area contributed by atoms with E-state index in [1.807, 2.05) is 24.3 Å². The number of anilines is 1. The molecule has 20 heavy (non-hydrogen) atoms. The summed E-state index contributed by atoms with van der Waals surface area (Å²) in [7, 11) is 0. The lowest BCUT2D eigenvalue weighted by atomic mass is 10.1. The number of carbonyl (C=O) groups is 2. The first-order chi connectivity index (χ1) is 9.68. The molecule has 2 fully saturated rings. The monoisotopic (exact) mass is 271 g/mol. The maximum Gasteiger partial charge on any atom is 0.327 e. The fraction of sp³-hybridized carbons (Fsp3) is 0.500. The predicted octanol–water partition coefficient (Wildman–Crippen LogP) is 2.08. The molecule has 2 aliphatic carbocycles. The van der Waals surface area contributed by atoms with E-state index in [4.69, 9.17) is 0 Å².